The van der Waals surface area contributed by atoms with Gasteiger partial charge in [0.05, 0.1) is 17.7 Å². The molecule has 0 radical (unpaired) electrons. The number of rotatable bonds is 7. The van der Waals surface area contributed by atoms with Crippen molar-refractivity contribution in [2.45, 2.75) is 38.5 Å². The number of thioether (sulfide) groups is 1. The lowest BCUT2D eigenvalue weighted by molar-refractivity contribution is -0.120. The van der Waals surface area contributed by atoms with Crippen molar-refractivity contribution in [1.29, 1.82) is 0 Å². The van der Waals surface area contributed by atoms with Crippen molar-refractivity contribution in [3.05, 3.63) is 71.6 Å². The summed E-state index contributed by atoms with van der Waals surface area (Å²) in [6, 6.07) is 14.4. The second-order valence-electron chi connectivity index (χ2n) is 6.85. The van der Waals surface area contributed by atoms with Crippen molar-refractivity contribution in [2.24, 2.45) is 0 Å². The Kier molecular flexibility index (Phi) is 6.99. The van der Waals surface area contributed by atoms with Crippen LogP contribution in [0.2, 0.25) is 0 Å². The van der Waals surface area contributed by atoms with Gasteiger partial charge in [0.1, 0.15) is 5.82 Å². The summed E-state index contributed by atoms with van der Waals surface area (Å²) < 4.78 is 20.0. The van der Waals surface area contributed by atoms with E-state index >= 15 is 0 Å². The molecule has 0 fully saturated rings. The van der Waals surface area contributed by atoms with Crippen molar-refractivity contribution < 1.29 is 18.5 Å². The summed E-state index contributed by atoms with van der Waals surface area (Å²) in [7, 11) is 0. The predicted molar refractivity (Wildman–Crippen MR) is 113 cm³/mol. The van der Waals surface area contributed by atoms with Crippen molar-refractivity contribution in [1.82, 2.24) is 15.5 Å². The summed E-state index contributed by atoms with van der Waals surface area (Å²) in [4.78, 5) is 27.4. The summed E-state index contributed by atoms with van der Waals surface area (Å²) in [6.07, 6.45) is 0. The Morgan fingerprint density at radius 1 is 1.17 bits per heavy atom. The van der Waals surface area contributed by atoms with Crippen LogP contribution in [0.15, 0.2) is 53.1 Å². The van der Waals surface area contributed by atoms with Gasteiger partial charge in [-0.2, -0.15) is 4.98 Å². The van der Waals surface area contributed by atoms with Crippen LogP contribution in [0, 0.1) is 5.82 Å². The van der Waals surface area contributed by atoms with Crippen LogP contribution in [-0.4, -0.2) is 26.4 Å². The Morgan fingerprint density at radius 3 is 2.57 bits per heavy atom. The van der Waals surface area contributed by atoms with Gasteiger partial charge in [0.15, 0.2) is 10.9 Å². The van der Waals surface area contributed by atoms with Crippen LogP contribution in [-0.2, 0) is 16.1 Å². The summed E-state index contributed by atoms with van der Waals surface area (Å²) >= 11 is 0.955. The van der Waals surface area contributed by atoms with E-state index in [1.54, 1.807) is 13.0 Å². The number of nitrogens with one attached hydrogen (secondary N) is 1. The summed E-state index contributed by atoms with van der Waals surface area (Å²) in [5.74, 6) is -0.278. The molecular weight excluding hydrogens is 405 g/mol. The van der Waals surface area contributed by atoms with Crippen molar-refractivity contribution in [2.75, 3.05) is 0 Å². The number of nitrogens with zero attached hydrogens (tertiary/aromatic N) is 2. The van der Waals surface area contributed by atoms with E-state index in [4.69, 9.17) is 4.52 Å². The van der Waals surface area contributed by atoms with Gasteiger partial charge < -0.3 is 9.84 Å². The third kappa shape index (κ3) is 5.33. The van der Waals surface area contributed by atoms with Crippen LogP contribution in [0.3, 0.4) is 0 Å². The van der Waals surface area contributed by atoms with Gasteiger partial charge in [-0.3, -0.25) is 9.59 Å². The van der Waals surface area contributed by atoms with E-state index in [0.29, 0.717) is 22.8 Å². The fourth-order valence-corrected chi connectivity index (χ4v) is 3.61. The molecule has 6 nitrogen and oxygen atoms in total. The van der Waals surface area contributed by atoms with Gasteiger partial charge >= 0.3 is 0 Å². The third-order valence-corrected chi connectivity index (χ3v) is 5.46. The SMILES string of the molecule is CC(=O)SC(C)C(=O)NCc1noc(C(C)c2ccc(-c3ccccc3)c(F)c2)n1. The Morgan fingerprint density at radius 2 is 1.90 bits per heavy atom. The van der Waals surface area contributed by atoms with E-state index < -0.39 is 5.25 Å². The number of halogens is 1. The van der Waals surface area contributed by atoms with E-state index in [2.05, 4.69) is 15.5 Å². The second kappa shape index (κ2) is 9.67. The van der Waals surface area contributed by atoms with Crippen LogP contribution in [0.5, 0.6) is 0 Å². The molecule has 1 N–H and O–H groups in total. The van der Waals surface area contributed by atoms with E-state index in [-0.39, 0.29) is 29.3 Å². The molecule has 1 heterocycles. The minimum Gasteiger partial charge on any atom is -0.348 e. The zero-order valence-corrected chi connectivity index (χ0v) is 17.7. The summed E-state index contributed by atoms with van der Waals surface area (Å²) in [5, 5.41) is 5.92. The third-order valence-electron chi connectivity index (χ3n) is 4.56. The molecule has 8 heteroatoms. The van der Waals surface area contributed by atoms with Gasteiger partial charge in [0, 0.05) is 12.5 Å². The first-order valence-electron chi connectivity index (χ1n) is 9.47. The molecule has 2 unspecified atom stereocenters. The highest BCUT2D eigenvalue weighted by molar-refractivity contribution is 8.14. The highest BCUT2D eigenvalue weighted by atomic mass is 32.2. The lowest BCUT2D eigenvalue weighted by Gasteiger charge is -2.10. The van der Waals surface area contributed by atoms with Crippen molar-refractivity contribution in [3.8, 4) is 11.1 Å². The maximum absolute atomic E-state index is 14.7. The summed E-state index contributed by atoms with van der Waals surface area (Å²) in [5.41, 5.74) is 2.04. The molecule has 2 aromatic carbocycles. The maximum atomic E-state index is 14.7. The molecule has 0 saturated carbocycles. The van der Waals surface area contributed by atoms with Gasteiger partial charge in [-0.05, 0) is 31.0 Å². The number of carbonyl (C=O) groups is 2. The molecular formula is C22H22FN3O3S. The van der Waals surface area contributed by atoms with E-state index in [1.807, 2.05) is 43.3 Å². The first-order chi connectivity index (χ1) is 14.3. The molecule has 156 valence electrons. The smallest absolute Gasteiger partial charge is 0.233 e. The number of benzene rings is 2. The van der Waals surface area contributed by atoms with Gasteiger partial charge in [0.2, 0.25) is 11.8 Å². The molecule has 1 amide bonds. The number of carbonyl (C=O) groups excluding carboxylic acids is 2. The Hall–Kier alpha value is -3.00. The number of aromatic nitrogens is 2. The largest absolute Gasteiger partial charge is 0.348 e. The molecule has 3 rings (SSSR count). The van der Waals surface area contributed by atoms with Gasteiger partial charge in [-0.1, -0.05) is 59.4 Å². The molecule has 1 aromatic heterocycles. The number of hydrogen-bond donors (Lipinski definition) is 1. The molecule has 2 atom stereocenters. The monoisotopic (exact) mass is 427 g/mol. The van der Waals surface area contributed by atoms with Crippen LogP contribution < -0.4 is 5.32 Å². The van der Waals surface area contributed by atoms with Gasteiger partial charge in [-0.25, -0.2) is 4.39 Å². The lowest BCUT2D eigenvalue weighted by atomic mass is 9.97. The predicted octanol–water partition coefficient (Wildman–Crippen LogP) is 4.31. The molecule has 0 aliphatic heterocycles. The zero-order valence-electron chi connectivity index (χ0n) is 16.9. The average Bonchev–Trinajstić information content (AvgIpc) is 3.20. The zero-order chi connectivity index (χ0) is 21.7. The average molecular weight is 428 g/mol. The Bertz CT molecular complexity index is 1040. The molecule has 0 aliphatic rings. The second-order valence-corrected chi connectivity index (χ2v) is 8.36. The van der Waals surface area contributed by atoms with E-state index in [0.717, 1.165) is 17.3 Å². The fraction of sp³-hybridized carbons (Fsp3) is 0.273. The Labute approximate surface area is 178 Å². The molecule has 0 saturated heterocycles. The van der Waals surface area contributed by atoms with Gasteiger partial charge in [0.25, 0.3) is 0 Å². The van der Waals surface area contributed by atoms with Crippen LogP contribution in [0.4, 0.5) is 4.39 Å². The van der Waals surface area contributed by atoms with Crippen LogP contribution in [0.1, 0.15) is 44.0 Å². The highest BCUT2D eigenvalue weighted by Gasteiger charge is 2.20. The highest BCUT2D eigenvalue weighted by Crippen LogP contribution is 2.28. The molecule has 0 aliphatic carbocycles. The molecule has 3 aromatic rings. The summed E-state index contributed by atoms with van der Waals surface area (Å²) in [6.45, 7) is 4.99. The first-order valence-corrected chi connectivity index (χ1v) is 10.4. The van der Waals surface area contributed by atoms with E-state index in [1.165, 1.54) is 13.0 Å². The standard InChI is InChI=1S/C22H22FN3O3S/c1-13(17-9-10-18(19(23)11-17)16-7-5-4-6-8-16)22-25-20(26-29-22)12-24-21(28)14(2)30-15(3)27/h4-11,13-14H,12H2,1-3H3,(H,24,28). The Balaban J connectivity index is 1.66. The van der Waals surface area contributed by atoms with Gasteiger partial charge in [-0.15, -0.1) is 0 Å². The van der Waals surface area contributed by atoms with E-state index in [9.17, 15) is 14.0 Å². The van der Waals surface area contributed by atoms with Crippen molar-refractivity contribution >= 4 is 22.8 Å². The first kappa shape index (κ1) is 21.7. The molecule has 30 heavy (non-hydrogen) atoms. The number of hydrogen-bond acceptors (Lipinski definition) is 6. The minimum atomic E-state index is -0.501. The molecule has 0 spiro atoms. The molecule has 0 bridgehead atoms. The van der Waals surface area contributed by atoms with Crippen molar-refractivity contribution in [3.63, 3.8) is 0 Å². The van der Waals surface area contributed by atoms with Crippen LogP contribution >= 0.6 is 11.8 Å². The lowest BCUT2D eigenvalue weighted by Crippen LogP contribution is -2.31. The fourth-order valence-electron chi connectivity index (χ4n) is 2.92. The quantitative estimate of drug-likeness (QED) is 0.605. The minimum absolute atomic E-state index is 0.0825. The van der Waals surface area contributed by atoms with Crippen LogP contribution in [0.25, 0.3) is 11.1 Å². The normalized spacial score (nSPS) is 12.9. The topological polar surface area (TPSA) is 85.1 Å². The maximum Gasteiger partial charge on any atom is 0.233 e. The number of amides is 1.